The van der Waals surface area contributed by atoms with Crippen LogP contribution in [-0.4, -0.2) is 39.4 Å². The second kappa shape index (κ2) is 5.04. The highest BCUT2D eigenvalue weighted by Gasteiger charge is 2.32. The molecule has 0 bridgehead atoms. The number of sulfone groups is 1. The molecule has 1 saturated heterocycles. The zero-order valence-electron chi connectivity index (χ0n) is 11.1. The van der Waals surface area contributed by atoms with Gasteiger partial charge in [-0.2, -0.15) is 0 Å². The van der Waals surface area contributed by atoms with Crippen molar-refractivity contribution in [2.45, 2.75) is 17.4 Å². The van der Waals surface area contributed by atoms with Gasteiger partial charge in [-0.3, -0.25) is 4.98 Å². The first-order valence-electron chi connectivity index (χ1n) is 6.44. The Morgan fingerprint density at radius 3 is 2.67 bits per heavy atom. The minimum absolute atomic E-state index is 0.0218. The number of hydrogen-bond acceptors (Lipinski definition) is 5. The first-order valence-corrected chi connectivity index (χ1v) is 9.74. The molecule has 0 unspecified atom stereocenters. The molecule has 3 rings (SSSR count). The van der Waals surface area contributed by atoms with Crippen molar-refractivity contribution < 1.29 is 16.8 Å². The largest absolute Gasteiger partial charge is 0.255 e. The lowest BCUT2D eigenvalue weighted by atomic mass is 10.2. The fourth-order valence-electron chi connectivity index (χ4n) is 2.46. The molecule has 1 aliphatic heterocycles. The molecule has 0 radical (unpaired) electrons. The zero-order chi connectivity index (χ0) is 15.1. The highest BCUT2D eigenvalue weighted by atomic mass is 32.2. The van der Waals surface area contributed by atoms with Gasteiger partial charge in [0.1, 0.15) is 4.90 Å². The summed E-state index contributed by atoms with van der Waals surface area (Å²) in [4.78, 5) is 4.19. The van der Waals surface area contributed by atoms with E-state index in [9.17, 15) is 16.8 Å². The number of hydrogen-bond donors (Lipinski definition) is 1. The second-order valence-electron chi connectivity index (χ2n) is 5.05. The van der Waals surface area contributed by atoms with Gasteiger partial charge in [-0.25, -0.2) is 21.6 Å². The van der Waals surface area contributed by atoms with Crippen LogP contribution in [0.5, 0.6) is 0 Å². The Balaban J connectivity index is 1.98. The van der Waals surface area contributed by atoms with Crippen molar-refractivity contribution in [3.05, 3.63) is 36.5 Å². The van der Waals surface area contributed by atoms with Gasteiger partial charge in [0, 0.05) is 17.6 Å². The average Bonchev–Trinajstić information content (AvgIpc) is 2.76. The molecule has 2 aromatic rings. The molecule has 2 heterocycles. The maximum Gasteiger partial charge on any atom is 0.243 e. The number of sulfonamides is 1. The molecule has 1 aromatic carbocycles. The Labute approximate surface area is 123 Å². The third-order valence-electron chi connectivity index (χ3n) is 3.44. The van der Waals surface area contributed by atoms with Crippen molar-refractivity contribution in [1.82, 2.24) is 9.71 Å². The summed E-state index contributed by atoms with van der Waals surface area (Å²) in [5.74, 6) is -0.127. The predicted octanol–water partition coefficient (Wildman–Crippen LogP) is 0.700. The molecule has 8 heteroatoms. The van der Waals surface area contributed by atoms with Crippen LogP contribution in [0.25, 0.3) is 10.9 Å². The number of para-hydroxylation sites is 1. The minimum atomic E-state index is -3.80. The van der Waals surface area contributed by atoms with Gasteiger partial charge in [0.2, 0.25) is 10.0 Å². The summed E-state index contributed by atoms with van der Waals surface area (Å²) in [7, 11) is -6.93. The van der Waals surface area contributed by atoms with Gasteiger partial charge in [0.05, 0.1) is 17.0 Å². The predicted molar refractivity (Wildman–Crippen MR) is 79.1 cm³/mol. The Hall–Kier alpha value is -1.51. The van der Waals surface area contributed by atoms with Gasteiger partial charge in [-0.15, -0.1) is 0 Å². The third-order valence-corrected chi connectivity index (χ3v) is 6.76. The SMILES string of the molecule is O=S1(=O)CC[C@H](NS(=O)(=O)c2cccc3cccnc23)C1. The van der Waals surface area contributed by atoms with Crippen LogP contribution in [-0.2, 0) is 19.9 Å². The summed E-state index contributed by atoms with van der Waals surface area (Å²) >= 11 is 0. The van der Waals surface area contributed by atoms with E-state index in [0.717, 1.165) is 5.39 Å². The minimum Gasteiger partial charge on any atom is -0.255 e. The van der Waals surface area contributed by atoms with Crippen LogP contribution in [0.2, 0.25) is 0 Å². The van der Waals surface area contributed by atoms with Crippen LogP contribution in [0.15, 0.2) is 41.4 Å². The Kier molecular flexibility index (Phi) is 3.46. The smallest absolute Gasteiger partial charge is 0.243 e. The molecule has 1 fully saturated rings. The molecule has 112 valence electrons. The van der Waals surface area contributed by atoms with Crippen molar-refractivity contribution in [3.8, 4) is 0 Å². The quantitative estimate of drug-likeness (QED) is 0.896. The lowest BCUT2D eigenvalue weighted by molar-refractivity contribution is 0.563. The molecule has 1 aromatic heterocycles. The Morgan fingerprint density at radius 2 is 1.95 bits per heavy atom. The first kappa shape index (κ1) is 14.4. The number of rotatable bonds is 3. The summed E-state index contributed by atoms with van der Waals surface area (Å²) in [6, 6.07) is 7.84. The van der Waals surface area contributed by atoms with E-state index in [1.807, 2.05) is 0 Å². The number of aromatic nitrogens is 1. The molecule has 0 amide bonds. The van der Waals surface area contributed by atoms with E-state index in [2.05, 4.69) is 9.71 Å². The van der Waals surface area contributed by atoms with Crippen LogP contribution >= 0.6 is 0 Å². The van der Waals surface area contributed by atoms with Gasteiger partial charge < -0.3 is 0 Å². The molecule has 0 aliphatic carbocycles. The summed E-state index contributed by atoms with van der Waals surface area (Å²) < 4.78 is 50.3. The second-order valence-corrected chi connectivity index (χ2v) is 8.96. The van der Waals surface area contributed by atoms with Crippen molar-refractivity contribution in [1.29, 1.82) is 0 Å². The Bertz CT molecular complexity index is 886. The van der Waals surface area contributed by atoms with Gasteiger partial charge in [-0.1, -0.05) is 18.2 Å². The van der Waals surface area contributed by atoms with Crippen molar-refractivity contribution in [2.75, 3.05) is 11.5 Å². The number of nitrogens with zero attached hydrogens (tertiary/aromatic N) is 1. The summed E-state index contributed by atoms with van der Waals surface area (Å²) in [6.45, 7) is 0. The van der Waals surface area contributed by atoms with E-state index < -0.39 is 25.9 Å². The summed E-state index contributed by atoms with van der Waals surface area (Å²) in [5.41, 5.74) is 0.383. The molecule has 1 N–H and O–H groups in total. The van der Waals surface area contributed by atoms with Crippen LogP contribution < -0.4 is 4.72 Å². The highest BCUT2D eigenvalue weighted by Crippen LogP contribution is 2.22. The lowest BCUT2D eigenvalue weighted by Gasteiger charge is -2.12. The van der Waals surface area contributed by atoms with E-state index in [4.69, 9.17) is 0 Å². The van der Waals surface area contributed by atoms with E-state index in [-0.39, 0.29) is 16.4 Å². The maximum atomic E-state index is 12.5. The molecular weight excluding hydrogens is 312 g/mol. The molecule has 1 atom stereocenters. The average molecular weight is 326 g/mol. The molecule has 21 heavy (non-hydrogen) atoms. The monoisotopic (exact) mass is 326 g/mol. The van der Waals surface area contributed by atoms with Crippen LogP contribution in [0, 0.1) is 0 Å². The third kappa shape index (κ3) is 2.92. The first-order chi connectivity index (χ1) is 9.87. The number of nitrogens with one attached hydrogen (secondary N) is 1. The van der Waals surface area contributed by atoms with Gasteiger partial charge in [0.25, 0.3) is 0 Å². The van der Waals surface area contributed by atoms with E-state index in [1.54, 1.807) is 24.3 Å². The molecule has 0 spiro atoms. The Morgan fingerprint density at radius 1 is 1.19 bits per heavy atom. The highest BCUT2D eigenvalue weighted by molar-refractivity contribution is 7.92. The van der Waals surface area contributed by atoms with Crippen molar-refractivity contribution in [3.63, 3.8) is 0 Å². The number of benzene rings is 1. The van der Waals surface area contributed by atoms with Gasteiger partial charge >= 0.3 is 0 Å². The molecule has 1 aliphatic rings. The van der Waals surface area contributed by atoms with Gasteiger partial charge in [-0.05, 0) is 18.6 Å². The van der Waals surface area contributed by atoms with Crippen molar-refractivity contribution in [2.24, 2.45) is 0 Å². The van der Waals surface area contributed by atoms with Crippen LogP contribution in [0.3, 0.4) is 0 Å². The standard InChI is InChI=1S/C13H14N2O4S2/c16-20(17)8-6-11(9-20)15-21(18,19)12-5-1-3-10-4-2-7-14-13(10)12/h1-5,7,11,15H,6,8-9H2/t11-/m0/s1. The summed E-state index contributed by atoms with van der Waals surface area (Å²) in [5, 5.41) is 0.722. The normalized spacial score (nSPS) is 21.6. The maximum absolute atomic E-state index is 12.5. The molecule has 6 nitrogen and oxygen atoms in total. The fourth-order valence-corrected chi connectivity index (χ4v) is 5.69. The topological polar surface area (TPSA) is 93.2 Å². The van der Waals surface area contributed by atoms with E-state index in [1.165, 1.54) is 12.3 Å². The van der Waals surface area contributed by atoms with E-state index >= 15 is 0 Å². The zero-order valence-corrected chi connectivity index (χ0v) is 12.7. The number of pyridine rings is 1. The van der Waals surface area contributed by atoms with Crippen molar-refractivity contribution >= 4 is 30.8 Å². The van der Waals surface area contributed by atoms with E-state index in [0.29, 0.717) is 11.9 Å². The summed E-state index contributed by atoms with van der Waals surface area (Å²) in [6.07, 6.45) is 1.83. The van der Waals surface area contributed by atoms with Crippen LogP contribution in [0.4, 0.5) is 0 Å². The van der Waals surface area contributed by atoms with Gasteiger partial charge in [0.15, 0.2) is 9.84 Å². The lowest BCUT2D eigenvalue weighted by Crippen LogP contribution is -2.35. The molecule has 0 saturated carbocycles. The van der Waals surface area contributed by atoms with Crippen LogP contribution in [0.1, 0.15) is 6.42 Å². The number of fused-ring (bicyclic) bond motifs is 1. The fraction of sp³-hybridized carbons (Fsp3) is 0.308. The molecular formula is C13H14N2O4S2.